The Morgan fingerprint density at radius 3 is 2.15 bits per heavy atom. The highest BCUT2D eigenvalue weighted by Gasteiger charge is 2.22. The summed E-state index contributed by atoms with van der Waals surface area (Å²) in [6, 6.07) is -1.88. The number of aliphatic hydroxyl groups is 1. The molecule has 0 fully saturated rings. The number of carbonyl (C=O) groups is 3. The molecule has 0 aromatic rings. The average Bonchev–Trinajstić information content (AvgIpc) is 2.21. The van der Waals surface area contributed by atoms with Crippen LogP contribution in [-0.4, -0.2) is 52.5 Å². The first-order valence-corrected chi connectivity index (χ1v) is 6.17. The number of rotatable bonds is 6. The quantitative estimate of drug-likeness (QED) is 0.539. The minimum Gasteiger partial charge on any atom is -0.480 e. The molecule has 0 aromatic carbocycles. The van der Waals surface area contributed by atoms with Crippen molar-refractivity contribution in [3.63, 3.8) is 0 Å². The number of carboxylic acids is 1. The average molecular weight is 290 g/mol. The lowest BCUT2D eigenvalue weighted by molar-refractivity contribution is -0.143. The molecule has 0 saturated carbocycles. The highest BCUT2D eigenvalue weighted by atomic mass is 16.6. The SMILES string of the molecule is C[C@H](CC(=O)N[C@@H](CO)C(=O)O)NC(=O)OC(C)(C)C. The number of aliphatic hydroxyl groups excluding tert-OH is 1. The van der Waals surface area contributed by atoms with Gasteiger partial charge < -0.3 is 25.6 Å². The molecule has 0 spiro atoms. The molecule has 4 N–H and O–H groups in total. The van der Waals surface area contributed by atoms with Gasteiger partial charge in [-0.2, -0.15) is 0 Å². The van der Waals surface area contributed by atoms with Crippen LogP contribution < -0.4 is 10.6 Å². The maximum absolute atomic E-state index is 11.5. The second-order valence-corrected chi connectivity index (χ2v) is 5.39. The summed E-state index contributed by atoms with van der Waals surface area (Å²) >= 11 is 0. The van der Waals surface area contributed by atoms with Crippen molar-refractivity contribution in [1.82, 2.24) is 10.6 Å². The molecule has 8 nitrogen and oxygen atoms in total. The lowest BCUT2D eigenvalue weighted by Crippen LogP contribution is -2.46. The van der Waals surface area contributed by atoms with Gasteiger partial charge in [0.1, 0.15) is 11.6 Å². The Kier molecular flexibility index (Phi) is 6.98. The van der Waals surface area contributed by atoms with Crippen molar-refractivity contribution in [1.29, 1.82) is 0 Å². The van der Waals surface area contributed by atoms with E-state index in [-0.39, 0.29) is 6.42 Å². The Balaban J connectivity index is 4.20. The third-order valence-corrected chi connectivity index (χ3v) is 2.07. The monoisotopic (exact) mass is 290 g/mol. The lowest BCUT2D eigenvalue weighted by atomic mass is 10.2. The van der Waals surface area contributed by atoms with E-state index in [4.69, 9.17) is 14.9 Å². The maximum Gasteiger partial charge on any atom is 0.407 e. The van der Waals surface area contributed by atoms with E-state index in [1.807, 2.05) is 0 Å². The molecule has 2 atom stereocenters. The molecule has 0 rings (SSSR count). The van der Waals surface area contributed by atoms with Gasteiger partial charge in [-0.05, 0) is 27.7 Å². The number of hydrogen-bond donors (Lipinski definition) is 4. The van der Waals surface area contributed by atoms with Gasteiger partial charge in [0, 0.05) is 12.5 Å². The fourth-order valence-electron chi connectivity index (χ4n) is 1.28. The van der Waals surface area contributed by atoms with Crippen LogP contribution >= 0.6 is 0 Å². The largest absolute Gasteiger partial charge is 0.480 e. The Hall–Kier alpha value is -1.83. The number of nitrogens with one attached hydrogen (secondary N) is 2. The summed E-state index contributed by atoms with van der Waals surface area (Å²) in [6.07, 6.45) is -0.780. The second-order valence-electron chi connectivity index (χ2n) is 5.39. The van der Waals surface area contributed by atoms with Gasteiger partial charge in [0.15, 0.2) is 0 Å². The van der Waals surface area contributed by atoms with E-state index in [2.05, 4.69) is 10.6 Å². The van der Waals surface area contributed by atoms with E-state index in [0.29, 0.717) is 0 Å². The van der Waals surface area contributed by atoms with Gasteiger partial charge in [0.05, 0.1) is 6.61 Å². The molecule has 20 heavy (non-hydrogen) atoms. The molecule has 116 valence electrons. The fraction of sp³-hybridized carbons (Fsp3) is 0.750. The first kappa shape index (κ1) is 18.2. The van der Waals surface area contributed by atoms with Crippen LogP contribution in [0.2, 0.25) is 0 Å². The highest BCUT2D eigenvalue weighted by Crippen LogP contribution is 2.07. The summed E-state index contributed by atoms with van der Waals surface area (Å²) in [6.45, 7) is 6.02. The lowest BCUT2D eigenvalue weighted by Gasteiger charge is -2.22. The number of carboxylic acid groups (broad SMARTS) is 1. The van der Waals surface area contributed by atoms with E-state index in [9.17, 15) is 14.4 Å². The molecule has 0 unspecified atom stereocenters. The Labute approximate surface area is 117 Å². The molecule has 0 aliphatic rings. The molecule has 0 aromatic heterocycles. The van der Waals surface area contributed by atoms with Crippen LogP contribution in [0.4, 0.5) is 4.79 Å². The normalized spacial score (nSPS) is 14.1. The van der Waals surface area contributed by atoms with Gasteiger partial charge in [-0.15, -0.1) is 0 Å². The number of carbonyl (C=O) groups excluding carboxylic acids is 2. The van der Waals surface area contributed by atoms with Crippen LogP contribution in [0.25, 0.3) is 0 Å². The van der Waals surface area contributed by atoms with Crippen molar-refractivity contribution in [2.45, 2.75) is 51.8 Å². The van der Waals surface area contributed by atoms with Gasteiger partial charge in [-0.1, -0.05) is 0 Å². The van der Waals surface area contributed by atoms with Crippen molar-refractivity contribution < 1.29 is 29.3 Å². The van der Waals surface area contributed by atoms with Gasteiger partial charge in [-0.3, -0.25) is 4.79 Å². The molecule has 0 radical (unpaired) electrons. The van der Waals surface area contributed by atoms with Gasteiger partial charge >= 0.3 is 12.1 Å². The van der Waals surface area contributed by atoms with Crippen LogP contribution in [0.1, 0.15) is 34.1 Å². The zero-order chi connectivity index (χ0) is 15.9. The van der Waals surface area contributed by atoms with E-state index >= 15 is 0 Å². The summed E-state index contributed by atoms with van der Waals surface area (Å²) < 4.78 is 5.01. The summed E-state index contributed by atoms with van der Waals surface area (Å²) in [4.78, 5) is 33.6. The smallest absolute Gasteiger partial charge is 0.407 e. The van der Waals surface area contributed by atoms with Crippen molar-refractivity contribution in [3.8, 4) is 0 Å². The Morgan fingerprint density at radius 2 is 1.75 bits per heavy atom. The molecule has 2 amide bonds. The predicted molar refractivity (Wildman–Crippen MR) is 70.1 cm³/mol. The van der Waals surface area contributed by atoms with Crippen molar-refractivity contribution in [3.05, 3.63) is 0 Å². The summed E-state index contributed by atoms with van der Waals surface area (Å²) in [5, 5.41) is 22.0. The summed E-state index contributed by atoms with van der Waals surface area (Å²) in [5.41, 5.74) is -0.642. The van der Waals surface area contributed by atoms with Gasteiger partial charge in [-0.25, -0.2) is 9.59 Å². The number of amides is 2. The number of ether oxygens (including phenoxy) is 1. The number of alkyl carbamates (subject to hydrolysis) is 1. The fourth-order valence-corrected chi connectivity index (χ4v) is 1.28. The minimum atomic E-state index is -1.35. The van der Waals surface area contributed by atoms with E-state index < -0.39 is 42.3 Å². The highest BCUT2D eigenvalue weighted by molar-refractivity contribution is 5.84. The molecule has 0 aliphatic heterocycles. The van der Waals surface area contributed by atoms with Crippen LogP contribution in [0.15, 0.2) is 0 Å². The number of aliphatic carboxylic acids is 1. The topological polar surface area (TPSA) is 125 Å². The minimum absolute atomic E-state index is 0.122. The van der Waals surface area contributed by atoms with Gasteiger partial charge in [0.2, 0.25) is 5.91 Å². The van der Waals surface area contributed by atoms with Crippen LogP contribution in [-0.2, 0) is 14.3 Å². The molecule has 8 heteroatoms. The van der Waals surface area contributed by atoms with E-state index in [0.717, 1.165) is 0 Å². The van der Waals surface area contributed by atoms with Crippen LogP contribution in [0.3, 0.4) is 0 Å². The number of hydrogen-bond acceptors (Lipinski definition) is 5. The molecule has 0 heterocycles. The zero-order valence-electron chi connectivity index (χ0n) is 12.1. The zero-order valence-corrected chi connectivity index (χ0v) is 12.1. The van der Waals surface area contributed by atoms with Crippen molar-refractivity contribution in [2.24, 2.45) is 0 Å². The third-order valence-electron chi connectivity index (χ3n) is 2.07. The van der Waals surface area contributed by atoms with Gasteiger partial charge in [0.25, 0.3) is 0 Å². The first-order chi connectivity index (χ1) is 9.05. The van der Waals surface area contributed by atoms with E-state index in [1.165, 1.54) is 0 Å². The molecule has 0 aliphatic carbocycles. The van der Waals surface area contributed by atoms with Crippen molar-refractivity contribution in [2.75, 3.05) is 6.61 Å². The predicted octanol–water partition coefficient (Wildman–Crippen LogP) is -0.149. The maximum atomic E-state index is 11.5. The first-order valence-electron chi connectivity index (χ1n) is 6.17. The Bertz CT molecular complexity index is 363. The van der Waals surface area contributed by atoms with Crippen LogP contribution in [0, 0.1) is 0 Å². The molecular weight excluding hydrogens is 268 g/mol. The molecular formula is C12H22N2O6. The molecule has 0 bridgehead atoms. The summed E-state index contributed by atoms with van der Waals surface area (Å²) in [7, 11) is 0. The summed E-state index contributed by atoms with van der Waals surface area (Å²) in [5.74, 6) is -1.91. The Morgan fingerprint density at radius 1 is 1.20 bits per heavy atom. The second kappa shape index (κ2) is 7.68. The van der Waals surface area contributed by atoms with Crippen LogP contribution in [0.5, 0.6) is 0 Å². The standard InChI is InChI=1S/C12H22N2O6/c1-7(13-11(19)20-12(2,3)4)5-9(16)14-8(6-15)10(17)18/h7-8,15H,5-6H2,1-4H3,(H,13,19)(H,14,16)(H,17,18)/t7-,8+/m1/s1. The van der Waals surface area contributed by atoms with E-state index in [1.54, 1.807) is 27.7 Å². The third kappa shape index (κ3) is 8.30. The van der Waals surface area contributed by atoms with Crippen molar-refractivity contribution >= 4 is 18.0 Å². The molecule has 0 saturated heterocycles.